The number of H-pyrrole nitrogens is 1. The van der Waals surface area contributed by atoms with E-state index in [9.17, 15) is 14.4 Å². The van der Waals surface area contributed by atoms with Crippen LogP contribution in [0.4, 0.5) is 0 Å². The molecule has 2 amide bonds. The highest BCUT2D eigenvalue weighted by molar-refractivity contribution is 6.00. The molecule has 2 aliphatic heterocycles. The van der Waals surface area contributed by atoms with Gasteiger partial charge < -0.3 is 24.7 Å². The van der Waals surface area contributed by atoms with E-state index in [1.54, 1.807) is 25.7 Å². The van der Waals surface area contributed by atoms with Crippen LogP contribution in [0.25, 0.3) is 0 Å². The van der Waals surface area contributed by atoms with Gasteiger partial charge in [0.05, 0.1) is 31.3 Å². The lowest BCUT2D eigenvalue weighted by Crippen LogP contribution is -2.46. The van der Waals surface area contributed by atoms with Crippen LogP contribution in [0.1, 0.15) is 58.3 Å². The minimum absolute atomic E-state index is 0.0103. The molecule has 32 heavy (non-hydrogen) atoms. The molecule has 9 heteroatoms. The Balaban J connectivity index is 1.52. The maximum atomic E-state index is 13.2. The Hall–Kier alpha value is -2.39. The van der Waals surface area contributed by atoms with Crippen molar-refractivity contribution in [2.24, 2.45) is 5.92 Å². The number of nitrogens with zero attached hydrogens (tertiary/aromatic N) is 2. The first-order valence-corrected chi connectivity index (χ1v) is 11.7. The second-order valence-electron chi connectivity index (χ2n) is 8.53. The number of piperidine rings is 1. The number of amides is 2. The summed E-state index contributed by atoms with van der Waals surface area (Å²) in [5.74, 6) is -0.801. The Kier molecular flexibility index (Phi) is 8.69. The molecule has 0 aliphatic carbocycles. The summed E-state index contributed by atoms with van der Waals surface area (Å²) in [5, 5.41) is 3.04. The predicted molar refractivity (Wildman–Crippen MR) is 120 cm³/mol. The number of esters is 1. The van der Waals surface area contributed by atoms with Gasteiger partial charge >= 0.3 is 5.97 Å². The molecule has 2 N–H and O–H groups in total. The Morgan fingerprint density at radius 2 is 1.94 bits per heavy atom. The SMILES string of the molecule is CCOC(=O)c1c(C)[nH]c(C(=O)N2CCCC(C(=O)NCCCN3CCOCC3)C2)c1C. The molecular formula is C23H36N4O5. The summed E-state index contributed by atoms with van der Waals surface area (Å²) in [5.41, 5.74) is 2.04. The molecule has 0 spiro atoms. The molecule has 2 saturated heterocycles. The van der Waals surface area contributed by atoms with E-state index in [2.05, 4.69) is 15.2 Å². The number of carbonyl (C=O) groups excluding carboxylic acids is 3. The fourth-order valence-electron chi connectivity index (χ4n) is 4.49. The molecule has 3 rings (SSSR count). The average Bonchev–Trinajstić information content (AvgIpc) is 3.10. The van der Waals surface area contributed by atoms with Gasteiger partial charge in [0.25, 0.3) is 5.91 Å². The van der Waals surface area contributed by atoms with E-state index in [-0.39, 0.29) is 24.3 Å². The van der Waals surface area contributed by atoms with Crippen LogP contribution in [0.3, 0.4) is 0 Å². The molecule has 1 atom stereocenters. The van der Waals surface area contributed by atoms with Crippen molar-refractivity contribution < 1.29 is 23.9 Å². The lowest BCUT2D eigenvalue weighted by atomic mass is 9.96. The first-order chi connectivity index (χ1) is 15.4. The van der Waals surface area contributed by atoms with Crippen LogP contribution in [0, 0.1) is 19.8 Å². The zero-order valence-corrected chi connectivity index (χ0v) is 19.5. The fraction of sp³-hybridized carbons (Fsp3) is 0.696. The van der Waals surface area contributed by atoms with Crippen molar-refractivity contribution in [1.82, 2.24) is 20.1 Å². The van der Waals surface area contributed by atoms with E-state index in [1.807, 2.05) is 0 Å². The Morgan fingerprint density at radius 3 is 2.66 bits per heavy atom. The highest BCUT2D eigenvalue weighted by Gasteiger charge is 2.31. The summed E-state index contributed by atoms with van der Waals surface area (Å²) in [7, 11) is 0. The van der Waals surface area contributed by atoms with Crippen molar-refractivity contribution in [3.05, 3.63) is 22.5 Å². The lowest BCUT2D eigenvalue weighted by molar-refractivity contribution is -0.126. The number of carbonyl (C=O) groups is 3. The van der Waals surface area contributed by atoms with Gasteiger partial charge in [0, 0.05) is 38.4 Å². The number of aromatic amines is 1. The van der Waals surface area contributed by atoms with Crippen LogP contribution in [0.5, 0.6) is 0 Å². The number of likely N-dealkylation sites (tertiary alicyclic amines) is 1. The number of hydrogen-bond acceptors (Lipinski definition) is 6. The van der Waals surface area contributed by atoms with Crippen molar-refractivity contribution in [3.63, 3.8) is 0 Å². The maximum absolute atomic E-state index is 13.2. The predicted octanol–water partition coefficient (Wildman–Crippen LogP) is 1.50. The topological polar surface area (TPSA) is 104 Å². The standard InChI is InChI=1S/C23H36N4O5/c1-4-32-23(30)19-16(2)20(25-17(19)3)22(29)27-10-5-7-18(15-27)21(28)24-8-6-9-26-11-13-31-14-12-26/h18,25H,4-15H2,1-3H3,(H,24,28). The molecule has 0 radical (unpaired) electrons. The number of ether oxygens (including phenoxy) is 2. The third-order valence-corrected chi connectivity index (χ3v) is 6.26. The van der Waals surface area contributed by atoms with Crippen molar-refractivity contribution in [2.75, 3.05) is 59.1 Å². The largest absolute Gasteiger partial charge is 0.462 e. The van der Waals surface area contributed by atoms with Gasteiger partial charge in [-0.05, 0) is 52.1 Å². The van der Waals surface area contributed by atoms with Crippen molar-refractivity contribution in [1.29, 1.82) is 0 Å². The monoisotopic (exact) mass is 448 g/mol. The lowest BCUT2D eigenvalue weighted by Gasteiger charge is -2.32. The van der Waals surface area contributed by atoms with Crippen molar-refractivity contribution in [3.8, 4) is 0 Å². The molecular weight excluding hydrogens is 412 g/mol. The molecule has 1 unspecified atom stereocenters. The van der Waals surface area contributed by atoms with Crippen LogP contribution in [0.2, 0.25) is 0 Å². The summed E-state index contributed by atoms with van der Waals surface area (Å²) in [6, 6.07) is 0. The quantitative estimate of drug-likeness (QED) is 0.461. The molecule has 1 aromatic heterocycles. The van der Waals surface area contributed by atoms with Gasteiger partial charge in [-0.15, -0.1) is 0 Å². The van der Waals surface area contributed by atoms with E-state index < -0.39 is 5.97 Å². The molecule has 0 aromatic carbocycles. The number of aryl methyl sites for hydroxylation is 1. The van der Waals surface area contributed by atoms with Gasteiger partial charge in [0.2, 0.25) is 5.91 Å². The van der Waals surface area contributed by atoms with E-state index in [0.29, 0.717) is 42.1 Å². The van der Waals surface area contributed by atoms with Crippen LogP contribution < -0.4 is 5.32 Å². The van der Waals surface area contributed by atoms with E-state index >= 15 is 0 Å². The first kappa shape index (κ1) is 24.3. The van der Waals surface area contributed by atoms with Gasteiger partial charge in [-0.2, -0.15) is 0 Å². The molecule has 178 valence electrons. The third kappa shape index (κ3) is 5.89. The van der Waals surface area contributed by atoms with Gasteiger partial charge in [-0.1, -0.05) is 0 Å². The van der Waals surface area contributed by atoms with Gasteiger partial charge in [-0.3, -0.25) is 14.5 Å². The number of aromatic nitrogens is 1. The summed E-state index contributed by atoms with van der Waals surface area (Å²) in [6.45, 7) is 11.6. The molecule has 9 nitrogen and oxygen atoms in total. The van der Waals surface area contributed by atoms with Crippen LogP contribution >= 0.6 is 0 Å². The summed E-state index contributed by atoms with van der Waals surface area (Å²) in [4.78, 5) is 45.2. The summed E-state index contributed by atoms with van der Waals surface area (Å²) < 4.78 is 10.5. The Morgan fingerprint density at radius 1 is 1.19 bits per heavy atom. The van der Waals surface area contributed by atoms with E-state index in [1.165, 1.54) is 0 Å². The zero-order valence-electron chi connectivity index (χ0n) is 19.5. The summed E-state index contributed by atoms with van der Waals surface area (Å²) >= 11 is 0. The number of hydrogen-bond donors (Lipinski definition) is 2. The summed E-state index contributed by atoms with van der Waals surface area (Å²) in [6.07, 6.45) is 2.45. The second-order valence-corrected chi connectivity index (χ2v) is 8.53. The van der Waals surface area contributed by atoms with Crippen molar-refractivity contribution >= 4 is 17.8 Å². The number of nitrogens with one attached hydrogen (secondary N) is 2. The van der Waals surface area contributed by atoms with Crippen LogP contribution in [-0.4, -0.2) is 91.7 Å². The highest BCUT2D eigenvalue weighted by atomic mass is 16.5. The highest BCUT2D eigenvalue weighted by Crippen LogP contribution is 2.23. The molecule has 0 saturated carbocycles. The minimum Gasteiger partial charge on any atom is -0.462 e. The Labute approximate surface area is 189 Å². The van der Waals surface area contributed by atoms with Gasteiger partial charge in [0.15, 0.2) is 0 Å². The van der Waals surface area contributed by atoms with Crippen molar-refractivity contribution in [2.45, 2.75) is 40.0 Å². The molecule has 1 aromatic rings. The van der Waals surface area contributed by atoms with Gasteiger partial charge in [-0.25, -0.2) is 4.79 Å². The van der Waals surface area contributed by atoms with E-state index in [4.69, 9.17) is 9.47 Å². The van der Waals surface area contributed by atoms with Crippen LogP contribution in [0.15, 0.2) is 0 Å². The maximum Gasteiger partial charge on any atom is 0.340 e. The van der Waals surface area contributed by atoms with E-state index in [0.717, 1.165) is 52.1 Å². The zero-order chi connectivity index (χ0) is 23.1. The first-order valence-electron chi connectivity index (χ1n) is 11.7. The van der Waals surface area contributed by atoms with Gasteiger partial charge in [0.1, 0.15) is 5.69 Å². The number of rotatable bonds is 8. The van der Waals surface area contributed by atoms with Crippen LogP contribution in [-0.2, 0) is 14.3 Å². The fourth-order valence-corrected chi connectivity index (χ4v) is 4.49. The second kappa shape index (κ2) is 11.5. The molecule has 3 heterocycles. The normalized spacial score (nSPS) is 19.6. The Bertz CT molecular complexity index is 816. The minimum atomic E-state index is -0.425. The molecule has 0 bridgehead atoms. The average molecular weight is 449 g/mol. The smallest absolute Gasteiger partial charge is 0.340 e. The molecule has 2 aliphatic rings. The number of morpholine rings is 1. The molecule has 2 fully saturated rings. The third-order valence-electron chi connectivity index (χ3n) is 6.26.